The number of hydrogen-bond donors (Lipinski definition) is 0. The van der Waals surface area contributed by atoms with Crippen molar-refractivity contribution in [3.8, 4) is 0 Å². The highest BCUT2D eigenvalue weighted by molar-refractivity contribution is 5.79. The van der Waals surface area contributed by atoms with E-state index in [1.807, 2.05) is 6.20 Å². The van der Waals surface area contributed by atoms with Gasteiger partial charge >= 0.3 is 0 Å². The van der Waals surface area contributed by atoms with Crippen molar-refractivity contribution in [1.82, 2.24) is 4.98 Å². The molecule has 1 heterocycles. The number of aryl methyl sites for hydroxylation is 2. The zero-order valence-electron chi connectivity index (χ0n) is 11.4. The first kappa shape index (κ1) is 11.9. The van der Waals surface area contributed by atoms with Gasteiger partial charge in [-0.1, -0.05) is 42.0 Å². The first-order valence-electron chi connectivity index (χ1n) is 6.61. The van der Waals surface area contributed by atoms with Crippen molar-refractivity contribution in [3.05, 3.63) is 77.0 Å². The topological polar surface area (TPSA) is 12.9 Å². The average Bonchev–Trinajstić information content (AvgIpc) is 2.42. The van der Waals surface area contributed by atoms with Gasteiger partial charge in [0.15, 0.2) is 0 Å². The third-order valence-electron chi connectivity index (χ3n) is 3.41. The lowest BCUT2D eigenvalue weighted by Crippen LogP contribution is -1.90. The molecule has 0 spiro atoms. The Morgan fingerprint density at radius 1 is 0.789 bits per heavy atom. The van der Waals surface area contributed by atoms with Crippen LogP contribution in [0.5, 0.6) is 0 Å². The summed E-state index contributed by atoms with van der Waals surface area (Å²) in [6.07, 6.45) is 2.89. The Labute approximate surface area is 113 Å². The lowest BCUT2D eigenvalue weighted by Gasteiger charge is -2.05. The summed E-state index contributed by atoms with van der Waals surface area (Å²) in [5.41, 5.74) is 6.25. The molecule has 0 bridgehead atoms. The molecule has 1 heteroatoms. The van der Waals surface area contributed by atoms with Gasteiger partial charge in [-0.3, -0.25) is 4.98 Å². The van der Waals surface area contributed by atoms with E-state index in [-0.39, 0.29) is 0 Å². The molecule has 0 N–H and O–H groups in total. The third kappa shape index (κ3) is 2.65. The largest absolute Gasteiger partial charge is 0.256 e. The van der Waals surface area contributed by atoms with Crippen molar-refractivity contribution in [2.75, 3.05) is 0 Å². The van der Waals surface area contributed by atoms with Crippen LogP contribution in [0.25, 0.3) is 10.9 Å². The molecule has 19 heavy (non-hydrogen) atoms. The summed E-state index contributed by atoms with van der Waals surface area (Å²) in [6, 6.07) is 17.5. The van der Waals surface area contributed by atoms with Gasteiger partial charge in [-0.25, -0.2) is 0 Å². The van der Waals surface area contributed by atoms with Gasteiger partial charge < -0.3 is 0 Å². The van der Waals surface area contributed by atoms with E-state index in [9.17, 15) is 0 Å². The Morgan fingerprint density at radius 3 is 2.32 bits per heavy atom. The van der Waals surface area contributed by atoms with Crippen LogP contribution in [0.1, 0.15) is 22.3 Å². The van der Waals surface area contributed by atoms with Crippen LogP contribution in [0.15, 0.2) is 54.7 Å². The van der Waals surface area contributed by atoms with Crippen molar-refractivity contribution in [2.24, 2.45) is 0 Å². The Kier molecular flexibility index (Phi) is 3.04. The lowest BCUT2D eigenvalue weighted by atomic mass is 10.0. The van der Waals surface area contributed by atoms with E-state index >= 15 is 0 Å². The molecule has 0 radical (unpaired) electrons. The standard InChI is InChI=1S/C18H17N/c1-13-3-5-15(6-4-13)10-16-7-8-17-9-14(2)12-19-18(17)11-16/h3-9,11-12H,10H2,1-2H3. The molecule has 0 atom stereocenters. The SMILES string of the molecule is Cc1ccc(Cc2ccc3cc(C)cnc3c2)cc1. The zero-order valence-corrected chi connectivity index (χ0v) is 11.4. The number of aromatic nitrogens is 1. The average molecular weight is 247 g/mol. The molecule has 0 saturated carbocycles. The maximum Gasteiger partial charge on any atom is 0.0705 e. The first-order chi connectivity index (χ1) is 9.20. The molecule has 2 aromatic carbocycles. The maximum atomic E-state index is 4.50. The predicted molar refractivity (Wildman–Crippen MR) is 80.5 cm³/mol. The quantitative estimate of drug-likeness (QED) is 0.652. The Bertz CT molecular complexity index is 711. The third-order valence-corrected chi connectivity index (χ3v) is 3.41. The summed E-state index contributed by atoms with van der Waals surface area (Å²) in [7, 11) is 0. The molecule has 0 fully saturated rings. The predicted octanol–water partition coefficient (Wildman–Crippen LogP) is 4.44. The molecule has 0 aliphatic carbocycles. The second kappa shape index (κ2) is 4.85. The molecule has 0 unspecified atom stereocenters. The highest BCUT2D eigenvalue weighted by Crippen LogP contribution is 2.17. The minimum atomic E-state index is 0.964. The molecule has 3 aromatic rings. The first-order valence-corrected chi connectivity index (χ1v) is 6.61. The van der Waals surface area contributed by atoms with E-state index in [2.05, 4.69) is 67.4 Å². The summed E-state index contributed by atoms with van der Waals surface area (Å²) in [4.78, 5) is 4.50. The highest BCUT2D eigenvalue weighted by Gasteiger charge is 2.00. The summed E-state index contributed by atoms with van der Waals surface area (Å²) in [6.45, 7) is 4.19. The van der Waals surface area contributed by atoms with E-state index < -0.39 is 0 Å². The van der Waals surface area contributed by atoms with Crippen LogP contribution in [0.4, 0.5) is 0 Å². The molecule has 0 aliphatic heterocycles. The Balaban J connectivity index is 1.93. The van der Waals surface area contributed by atoms with Gasteiger partial charge in [-0.15, -0.1) is 0 Å². The van der Waals surface area contributed by atoms with Crippen LogP contribution < -0.4 is 0 Å². The van der Waals surface area contributed by atoms with Crippen molar-refractivity contribution in [1.29, 1.82) is 0 Å². The summed E-state index contributed by atoms with van der Waals surface area (Å²) < 4.78 is 0. The number of rotatable bonds is 2. The van der Waals surface area contributed by atoms with E-state index in [1.54, 1.807) is 0 Å². The van der Waals surface area contributed by atoms with Crippen LogP contribution in [0.2, 0.25) is 0 Å². The Morgan fingerprint density at radius 2 is 1.53 bits per heavy atom. The Hall–Kier alpha value is -2.15. The number of fused-ring (bicyclic) bond motifs is 1. The second-order valence-corrected chi connectivity index (χ2v) is 5.20. The van der Waals surface area contributed by atoms with Gasteiger partial charge in [0.05, 0.1) is 5.52 Å². The molecular formula is C18H17N. The minimum Gasteiger partial charge on any atom is -0.256 e. The fraction of sp³-hybridized carbons (Fsp3) is 0.167. The van der Waals surface area contributed by atoms with E-state index in [1.165, 1.54) is 27.6 Å². The lowest BCUT2D eigenvalue weighted by molar-refractivity contribution is 1.19. The maximum absolute atomic E-state index is 4.50. The molecule has 94 valence electrons. The van der Waals surface area contributed by atoms with Gasteiger partial charge in [-0.2, -0.15) is 0 Å². The molecule has 0 amide bonds. The van der Waals surface area contributed by atoms with Gasteiger partial charge in [-0.05, 0) is 49.1 Å². The molecule has 1 nitrogen and oxygen atoms in total. The second-order valence-electron chi connectivity index (χ2n) is 5.20. The number of hydrogen-bond acceptors (Lipinski definition) is 1. The van der Waals surface area contributed by atoms with Crippen LogP contribution in [-0.2, 0) is 6.42 Å². The fourth-order valence-electron chi connectivity index (χ4n) is 2.33. The van der Waals surface area contributed by atoms with Crippen molar-refractivity contribution >= 4 is 10.9 Å². The van der Waals surface area contributed by atoms with E-state index in [0.29, 0.717) is 0 Å². The van der Waals surface area contributed by atoms with Gasteiger partial charge in [0.25, 0.3) is 0 Å². The van der Waals surface area contributed by atoms with E-state index in [0.717, 1.165) is 11.9 Å². The van der Waals surface area contributed by atoms with Crippen molar-refractivity contribution in [3.63, 3.8) is 0 Å². The van der Waals surface area contributed by atoms with Crippen molar-refractivity contribution < 1.29 is 0 Å². The number of nitrogens with zero attached hydrogens (tertiary/aromatic N) is 1. The van der Waals surface area contributed by atoms with Crippen LogP contribution in [0.3, 0.4) is 0 Å². The molecule has 3 rings (SSSR count). The fourth-order valence-corrected chi connectivity index (χ4v) is 2.33. The number of benzene rings is 2. The van der Waals surface area contributed by atoms with Gasteiger partial charge in [0, 0.05) is 11.6 Å². The summed E-state index contributed by atoms with van der Waals surface area (Å²) >= 11 is 0. The van der Waals surface area contributed by atoms with Gasteiger partial charge in [0.2, 0.25) is 0 Å². The molecular weight excluding hydrogens is 230 g/mol. The van der Waals surface area contributed by atoms with Gasteiger partial charge in [0.1, 0.15) is 0 Å². The van der Waals surface area contributed by atoms with E-state index in [4.69, 9.17) is 0 Å². The monoisotopic (exact) mass is 247 g/mol. The summed E-state index contributed by atoms with van der Waals surface area (Å²) in [5, 5.41) is 1.22. The van der Waals surface area contributed by atoms with Crippen LogP contribution >= 0.6 is 0 Å². The zero-order chi connectivity index (χ0) is 13.2. The molecule has 0 saturated heterocycles. The molecule has 1 aromatic heterocycles. The minimum absolute atomic E-state index is 0.964. The summed E-state index contributed by atoms with van der Waals surface area (Å²) in [5.74, 6) is 0. The normalized spacial score (nSPS) is 10.8. The van der Waals surface area contributed by atoms with Crippen molar-refractivity contribution in [2.45, 2.75) is 20.3 Å². The number of pyridine rings is 1. The smallest absolute Gasteiger partial charge is 0.0705 e. The molecule has 0 aliphatic rings. The van der Waals surface area contributed by atoms with Crippen LogP contribution in [0, 0.1) is 13.8 Å². The van der Waals surface area contributed by atoms with Crippen LogP contribution in [-0.4, -0.2) is 4.98 Å². The highest BCUT2D eigenvalue weighted by atomic mass is 14.6.